The lowest BCUT2D eigenvalue weighted by Crippen LogP contribution is -2.36. The highest BCUT2D eigenvalue weighted by atomic mass is 35.5. The van der Waals surface area contributed by atoms with Crippen LogP contribution in [0.1, 0.15) is 48.7 Å². The molecule has 1 heterocycles. The third-order valence-corrected chi connectivity index (χ3v) is 5.77. The zero-order valence-corrected chi connectivity index (χ0v) is 14.2. The molecule has 1 nitrogen and oxygen atoms in total. The highest BCUT2D eigenvalue weighted by Gasteiger charge is 2.26. The minimum Gasteiger partial charge on any atom is -0.309 e. The number of hydrogen-bond acceptors (Lipinski definition) is 2. The molecular formula is C18H22ClNS. The van der Waals surface area contributed by atoms with Gasteiger partial charge in [-0.3, -0.25) is 0 Å². The van der Waals surface area contributed by atoms with Crippen molar-refractivity contribution in [1.29, 1.82) is 0 Å². The van der Waals surface area contributed by atoms with Gasteiger partial charge in [0.15, 0.2) is 0 Å². The van der Waals surface area contributed by atoms with Crippen LogP contribution in [0.25, 0.3) is 0 Å². The summed E-state index contributed by atoms with van der Waals surface area (Å²) in [5, 5.41) is 3.78. The Morgan fingerprint density at radius 2 is 2.05 bits per heavy atom. The van der Waals surface area contributed by atoms with Gasteiger partial charge in [-0.1, -0.05) is 55.8 Å². The van der Waals surface area contributed by atoms with E-state index in [2.05, 4.69) is 55.6 Å². The summed E-state index contributed by atoms with van der Waals surface area (Å²) < 4.78 is 0.927. The van der Waals surface area contributed by atoms with E-state index < -0.39 is 0 Å². The van der Waals surface area contributed by atoms with E-state index in [1.54, 1.807) is 11.3 Å². The second-order valence-electron chi connectivity index (χ2n) is 6.50. The predicted molar refractivity (Wildman–Crippen MR) is 92.5 cm³/mol. The van der Waals surface area contributed by atoms with Crippen molar-refractivity contribution in [3.05, 3.63) is 56.7 Å². The first-order valence-electron chi connectivity index (χ1n) is 7.63. The molecule has 0 saturated carbocycles. The fourth-order valence-electron chi connectivity index (χ4n) is 3.10. The van der Waals surface area contributed by atoms with E-state index in [0.717, 1.165) is 10.9 Å². The third kappa shape index (κ3) is 3.33. The lowest BCUT2D eigenvalue weighted by Gasteiger charge is -2.31. The molecule has 1 aromatic carbocycles. The van der Waals surface area contributed by atoms with Gasteiger partial charge in [-0.15, -0.1) is 11.3 Å². The number of halogens is 1. The zero-order valence-electron chi connectivity index (χ0n) is 12.7. The fourth-order valence-corrected chi connectivity index (χ4v) is 4.49. The molecule has 1 aromatic heterocycles. The van der Waals surface area contributed by atoms with Crippen molar-refractivity contribution in [2.75, 3.05) is 6.54 Å². The maximum atomic E-state index is 6.19. The standard InChI is InChI=1S/C18H22ClNS/c1-18(2,13-7-4-3-5-8-13)12-20-15-9-6-10-16-14(15)11-17(19)21-16/h3-5,7-8,11,15,20H,6,9-10,12H2,1-2H3. The molecule has 0 saturated heterocycles. The van der Waals surface area contributed by atoms with E-state index in [0.29, 0.717) is 6.04 Å². The number of fused-ring (bicyclic) bond motifs is 1. The summed E-state index contributed by atoms with van der Waals surface area (Å²) in [6.45, 7) is 5.59. The molecule has 1 N–H and O–H groups in total. The van der Waals surface area contributed by atoms with Gasteiger partial charge >= 0.3 is 0 Å². The summed E-state index contributed by atoms with van der Waals surface area (Å²) in [6, 6.07) is 13.4. The highest BCUT2D eigenvalue weighted by molar-refractivity contribution is 7.16. The molecule has 3 rings (SSSR count). The van der Waals surface area contributed by atoms with Crippen molar-refractivity contribution in [2.45, 2.75) is 44.6 Å². The van der Waals surface area contributed by atoms with Gasteiger partial charge in [-0.25, -0.2) is 0 Å². The molecule has 3 heteroatoms. The molecule has 0 aliphatic heterocycles. The number of rotatable bonds is 4. The first-order valence-corrected chi connectivity index (χ1v) is 8.83. The fraction of sp³-hybridized carbons (Fsp3) is 0.444. The topological polar surface area (TPSA) is 12.0 Å². The first kappa shape index (κ1) is 15.1. The quantitative estimate of drug-likeness (QED) is 0.801. The van der Waals surface area contributed by atoms with Crippen LogP contribution in [0.4, 0.5) is 0 Å². The Balaban J connectivity index is 1.71. The molecule has 1 unspecified atom stereocenters. The average Bonchev–Trinajstić information content (AvgIpc) is 2.87. The van der Waals surface area contributed by atoms with Crippen LogP contribution >= 0.6 is 22.9 Å². The van der Waals surface area contributed by atoms with Crippen LogP contribution in [0.15, 0.2) is 36.4 Å². The molecular weight excluding hydrogens is 298 g/mol. The van der Waals surface area contributed by atoms with Gasteiger partial charge in [0.25, 0.3) is 0 Å². The van der Waals surface area contributed by atoms with Crippen LogP contribution in [0, 0.1) is 0 Å². The number of hydrogen-bond donors (Lipinski definition) is 1. The van der Waals surface area contributed by atoms with Crippen LogP contribution in [0.3, 0.4) is 0 Å². The lowest BCUT2D eigenvalue weighted by molar-refractivity contribution is 0.394. The van der Waals surface area contributed by atoms with Crippen molar-refractivity contribution < 1.29 is 0 Å². The molecule has 1 atom stereocenters. The summed E-state index contributed by atoms with van der Waals surface area (Å²) >= 11 is 7.94. The summed E-state index contributed by atoms with van der Waals surface area (Å²) in [5.41, 5.74) is 2.95. The van der Waals surface area contributed by atoms with E-state index in [1.165, 1.54) is 35.3 Å². The Bertz CT molecular complexity index is 603. The summed E-state index contributed by atoms with van der Waals surface area (Å²) in [6.07, 6.45) is 3.66. The maximum absolute atomic E-state index is 6.19. The predicted octanol–water partition coefficient (Wildman–Crippen LogP) is 5.35. The van der Waals surface area contributed by atoms with Gasteiger partial charge in [-0.05, 0) is 36.5 Å². The molecule has 21 heavy (non-hydrogen) atoms. The minimum atomic E-state index is 0.138. The van der Waals surface area contributed by atoms with Gasteiger partial charge in [0, 0.05) is 22.9 Å². The van der Waals surface area contributed by atoms with Gasteiger partial charge in [0.1, 0.15) is 0 Å². The number of benzene rings is 1. The van der Waals surface area contributed by atoms with Crippen molar-refractivity contribution in [3.8, 4) is 0 Å². The molecule has 0 radical (unpaired) electrons. The van der Waals surface area contributed by atoms with Crippen LogP contribution in [0.5, 0.6) is 0 Å². The van der Waals surface area contributed by atoms with E-state index in [1.807, 2.05) is 0 Å². The Morgan fingerprint density at radius 1 is 1.29 bits per heavy atom. The molecule has 0 spiro atoms. The van der Waals surface area contributed by atoms with Crippen LogP contribution in [-0.4, -0.2) is 6.54 Å². The molecule has 112 valence electrons. The Labute approximate surface area is 136 Å². The smallest absolute Gasteiger partial charge is 0.0934 e. The Kier molecular flexibility index (Phi) is 4.39. The summed E-state index contributed by atoms with van der Waals surface area (Å²) in [7, 11) is 0. The normalized spacial score (nSPS) is 18.5. The van der Waals surface area contributed by atoms with Crippen LogP contribution in [-0.2, 0) is 11.8 Å². The van der Waals surface area contributed by atoms with E-state index >= 15 is 0 Å². The maximum Gasteiger partial charge on any atom is 0.0934 e. The Morgan fingerprint density at radius 3 is 2.81 bits per heavy atom. The molecule has 0 fully saturated rings. The van der Waals surface area contributed by atoms with Crippen LogP contribution in [0.2, 0.25) is 4.34 Å². The van der Waals surface area contributed by atoms with Gasteiger partial charge in [0.05, 0.1) is 4.34 Å². The summed E-state index contributed by atoms with van der Waals surface area (Å²) in [5.74, 6) is 0. The number of thiophene rings is 1. The van der Waals surface area contributed by atoms with Gasteiger partial charge < -0.3 is 5.32 Å². The molecule has 1 aliphatic rings. The SMILES string of the molecule is CC(C)(CNC1CCCc2sc(Cl)cc21)c1ccccc1. The Hall–Kier alpha value is -0.830. The van der Waals surface area contributed by atoms with Crippen molar-refractivity contribution in [3.63, 3.8) is 0 Å². The van der Waals surface area contributed by atoms with E-state index in [9.17, 15) is 0 Å². The monoisotopic (exact) mass is 319 g/mol. The van der Waals surface area contributed by atoms with Crippen molar-refractivity contribution in [2.24, 2.45) is 0 Å². The molecule has 0 amide bonds. The first-order chi connectivity index (χ1) is 10.1. The second kappa shape index (κ2) is 6.12. The van der Waals surface area contributed by atoms with E-state index in [-0.39, 0.29) is 5.41 Å². The van der Waals surface area contributed by atoms with Crippen molar-refractivity contribution >= 4 is 22.9 Å². The van der Waals surface area contributed by atoms with E-state index in [4.69, 9.17) is 11.6 Å². The number of aryl methyl sites for hydroxylation is 1. The van der Waals surface area contributed by atoms with Gasteiger partial charge in [0.2, 0.25) is 0 Å². The van der Waals surface area contributed by atoms with Crippen molar-refractivity contribution in [1.82, 2.24) is 5.32 Å². The minimum absolute atomic E-state index is 0.138. The lowest BCUT2D eigenvalue weighted by atomic mass is 9.83. The largest absolute Gasteiger partial charge is 0.309 e. The second-order valence-corrected chi connectivity index (χ2v) is 8.27. The zero-order chi connectivity index (χ0) is 14.9. The third-order valence-electron chi connectivity index (χ3n) is 4.43. The summed E-state index contributed by atoms with van der Waals surface area (Å²) in [4.78, 5) is 1.47. The molecule has 0 bridgehead atoms. The average molecular weight is 320 g/mol. The molecule has 2 aromatic rings. The van der Waals surface area contributed by atoms with Gasteiger partial charge in [-0.2, -0.15) is 0 Å². The van der Waals surface area contributed by atoms with Crippen LogP contribution < -0.4 is 5.32 Å². The highest BCUT2D eigenvalue weighted by Crippen LogP contribution is 2.38. The number of nitrogens with one attached hydrogen (secondary N) is 1. The molecule has 1 aliphatic carbocycles.